The number of ether oxygens (including phenoxy) is 1. The number of benzene rings is 1. The van der Waals surface area contributed by atoms with Gasteiger partial charge in [-0.15, -0.1) is 0 Å². The molecule has 0 bridgehead atoms. The van der Waals surface area contributed by atoms with Gasteiger partial charge in [-0.25, -0.2) is 4.98 Å². The van der Waals surface area contributed by atoms with Crippen molar-refractivity contribution in [2.45, 2.75) is 37.9 Å². The molecule has 1 aromatic heterocycles. The van der Waals surface area contributed by atoms with Gasteiger partial charge in [0.15, 0.2) is 0 Å². The summed E-state index contributed by atoms with van der Waals surface area (Å²) in [6, 6.07) is 9.75. The molecule has 2 aliphatic heterocycles. The summed E-state index contributed by atoms with van der Waals surface area (Å²) >= 11 is 0. The number of carbonyl (C=O) groups is 1. The van der Waals surface area contributed by atoms with E-state index in [1.54, 1.807) is 0 Å². The van der Waals surface area contributed by atoms with Gasteiger partial charge in [0, 0.05) is 38.0 Å². The van der Waals surface area contributed by atoms with Crippen molar-refractivity contribution in [3.8, 4) is 6.07 Å². The molecule has 1 unspecified atom stereocenters. The number of hydrogen-bond donors (Lipinski definition) is 2. The molecule has 0 saturated carbocycles. The van der Waals surface area contributed by atoms with Crippen LogP contribution >= 0.6 is 0 Å². The lowest BCUT2D eigenvalue weighted by Crippen LogP contribution is -2.42. The van der Waals surface area contributed by atoms with Gasteiger partial charge in [-0.2, -0.15) is 5.26 Å². The zero-order valence-corrected chi connectivity index (χ0v) is 15.1. The highest BCUT2D eigenvalue weighted by molar-refractivity contribution is 5.84. The van der Waals surface area contributed by atoms with E-state index in [-0.39, 0.29) is 18.0 Å². The van der Waals surface area contributed by atoms with Crippen LogP contribution in [0.4, 0.5) is 0 Å². The van der Waals surface area contributed by atoms with Crippen LogP contribution in [-0.2, 0) is 22.5 Å². The van der Waals surface area contributed by atoms with Crippen molar-refractivity contribution in [3.05, 3.63) is 53.1 Å². The van der Waals surface area contributed by atoms with Crippen LogP contribution in [0, 0.1) is 11.3 Å². The van der Waals surface area contributed by atoms with E-state index in [0.717, 1.165) is 43.1 Å². The normalized spacial score (nSPS) is 22.3. The molecule has 0 aliphatic carbocycles. The average molecular weight is 365 g/mol. The molecule has 0 spiro atoms. The quantitative estimate of drug-likeness (QED) is 0.806. The van der Waals surface area contributed by atoms with Crippen molar-refractivity contribution in [2.75, 3.05) is 19.8 Å². The predicted octanol–water partition coefficient (Wildman–Crippen LogP) is 1.35. The third kappa shape index (κ3) is 4.02. The highest BCUT2D eigenvalue weighted by atomic mass is 16.5. The maximum Gasteiger partial charge on any atom is 0.240 e. The van der Waals surface area contributed by atoms with E-state index in [1.165, 1.54) is 0 Å². The Balaban J connectivity index is 1.29. The number of rotatable bonds is 6. The summed E-state index contributed by atoms with van der Waals surface area (Å²) in [4.78, 5) is 22.3. The molecule has 0 radical (unpaired) electrons. The molecule has 3 heterocycles. The lowest BCUT2D eigenvalue weighted by atomic mass is 10.1. The summed E-state index contributed by atoms with van der Waals surface area (Å²) in [5.41, 5.74) is 2.72. The Morgan fingerprint density at radius 1 is 1.33 bits per heavy atom. The lowest BCUT2D eigenvalue weighted by Gasteiger charge is -2.22. The number of imidazole rings is 1. The molecular formula is C20H23N5O2. The molecule has 2 aliphatic rings. The molecule has 7 nitrogen and oxygen atoms in total. The van der Waals surface area contributed by atoms with E-state index < -0.39 is 0 Å². The van der Waals surface area contributed by atoms with Crippen LogP contribution in [0.25, 0.3) is 0 Å². The summed E-state index contributed by atoms with van der Waals surface area (Å²) < 4.78 is 5.40. The van der Waals surface area contributed by atoms with E-state index >= 15 is 0 Å². The fourth-order valence-corrected chi connectivity index (χ4v) is 3.73. The third-order valence-electron chi connectivity index (χ3n) is 5.26. The van der Waals surface area contributed by atoms with Crippen molar-refractivity contribution in [1.82, 2.24) is 20.2 Å². The summed E-state index contributed by atoms with van der Waals surface area (Å²) in [7, 11) is 0. The first-order chi connectivity index (χ1) is 13.2. The van der Waals surface area contributed by atoms with Crippen LogP contribution in [0.3, 0.4) is 0 Å². The van der Waals surface area contributed by atoms with Gasteiger partial charge in [0.1, 0.15) is 5.82 Å². The molecular weight excluding hydrogens is 342 g/mol. The number of H-pyrrole nitrogens is 1. The Morgan fingerprint density at radius 3 is 2.93 bits per heavy atom. The fraction of sp³-hybridized carbons (Fsp3) is 0.450. The van der Waals surface area contributed by atoms with E-state index in [2.05, 4.69) is 21.4 Å². The van der Waals surface area contributed by atoms with Crippen molar-refractivity contribution < 1.29 is 9.53 Å². The van der Waals surface area contributed by atoms with E-state index in [1.807, 2.05) is 35.4 Å². The maximum absolute atomic E-state index is 12.6. The standard InChI is InChI=1S/C20H23N5O2/c21-10-15-3-1-14(2-4-15)9-19-23-12-16(24-19)11-22-18-5-7-25(20(18)26)17-6-8-27-13-17/h1-4,12,17-18,22H,5-9,11,13H2,(H,23,24)/t17-,18?/m0/s1. The zero-order chi connectivity index (χ0) is 18.6. The second kappa shape index (κ2) is 7.91. The molecule has 7 heteroatoms. The molecule has 1 aromatic carbocycles. The predicted molar refractivity (Wildman–Crippen MR) is 98.7 cm³/mol. The number of likely N-dealkylation sites (tertiary alicyclic amines) is 1. The van der Waals surface area contributed by atoms with Crippen LogP contribution in [0.15, 0.2) is 30.5 Å². The van der Waals surface area contributed by atoms with E-state index in [0.29, 0.717) is 25.1 Å². The largest absolute Gasteiger partial charge is 0.379 e. The topological polar surface area (TPSA) is 94.0 Å². The van der Waals surface area contributed by atoms with Gasteiger partial charge in [-0.1, -0.05) is 12.1 Å². The van der Waals surface area contributed by atoms with Gasteiger partial charge in [0.25, 0.3) is 0 Å². The Morgan fingerprint density at radius 2 is 2.19 bits per heavy atom. The van der Waals surface area contributed by atoms with Crippen LogP contribution in [0.2, 0.25) is 0 Å². The number of carbonyl (C=O) groups excluding carboxylic acids is 1. The SMILES string of the molecule is N#Cc1ccc(Cc2ncc(CNC3CCN([C@H]4CCOC4)C3=O)[nH]2)cc1. The molecule has 2 fully saturated rings. The number of hydrogen-bond acceptors (Lipinski definition) is 5. The molecule has 2 atom stereocenters. The Labute approximate surface area is 158 Å². The second-order valence-electron chi connectivity index (χ2n) is 7.11. The molecule has 2 saturated heterocycles. The van der Waals surface area contributed by atoms with Gasteiger partial charge in [0.2, 0.25) is 5.91 Å². The number of aromatic nitrogens is 2. The average Bonchev–Trinajstić information content (AvgIpc) is 3.42. The maximum atomic E-state index is 12.6. The minimum absolute atomic E-state index is 0.129. The number of aromatic amines is 1. The zero-order valence-electron chi connectivity index (χ0n) is 15.1. The van der Waals surface area contributed by atoms with Gasteiger partial charge in [0.05, 0.1) is 30.3 Å². The van der Waals surface area contributed by atoms with Crippen LogP contribution in [0.1, 0.15) is 35.5 Å². The third-order valence-corrected chi connectivity index (χ3v) is 5.26. The Bertz CT molecular complexity index is 833. The summed E-state index contributed by atoms with van der Waals surface area (Å²) in [6.07, 6.45) is 4.27. The monoisotopic (exact) mass is 365 g/mol. The first kappa shape index (κ1) is 17.7. The van der Waals surface area contributed by atoms with E-state index in [9.17, 15) is 4.79 Å². The van der Waals surface area contributed by atoms with Crippen molar-refractivity contribution >= 4 is 5.91 Å². The molecule has 140 valence electrons. The van der Waals surface area contributed by atoms with Crippen LogP contribution < -0.4 is 5.32 Å². The Hall–Kier alpha value is -2.69. The summed E-state index contributed by atoms with van der Waals surface area (Å²) in [5.74, 6) is 1.06. The number of nitrogens with one attached hydrogen (secondary N) is 2. The summed E-state index contributed by atoms with van der Waals surface area (Å²) in [6.45, 7) is 2.81. The second-order valence-corrected chi connectivity index (χ2v) is 7.11. The number of nitriles is 1. The lowest BCUT2D eigenvalue weighted by molar-refractivity contribution is -0.131. The van der Waals surface area contributed by atoms with Gasteiger partial charge in [-0.05, 0) is 30.5 Å². The highest BCUT2D eigenvalue weighted by Crippen LogP contribution is 2.20. The van der Waals surface area contributed by atoms with Crippen molar-refractivity contribution in [2.24, 2.45) is 0 Å². The molecule has 2 N–H and O–H groups in total. The number of amides is 1. The van der Waals surface area contributed by atoms with Crippen molar-refractivity contribution in [1.29, 1.82) is 5.26 Å². The minimum Gasteiger partial charge on any atom is -0.379 e. The molecule has 4 rings (SSSR count). The van der Waals surface area contributed by atoms with E-state index in [4.69, 9.17) is 10.00 Å². The smallest absolute Gasteiger partial charge is 0.240 e. The van der Waals surface area contributed by atoms with Gasteiger partial charge < -0.3 is 19.9 Å². The summed E-state index contributed by atoms with van der Waals surface area (Å²) in [5, 5.41) is 12.2. The molecule has 1 amide bonds. The first-order valence-corrected chi connectivity index (χ1v) is 9.36. The number of nitrogens with zero attached hydrogens (tertiary/aromatic N) is 3. The van der Waals surface area contributed by atoms with Crippen LogP contribution in [0.5, 0.6) is 0 Å². The van der Waals surface area contributed by atoms with Gasteiger partial charge in [-0.3, -0.25) is 4.79 Å². The Kier molecular flexibility index (Phi) is 5.19. The molecule has 27 heavy (non-hydrogen) atoms. The fourth-order valence-electron chi connectivity index (χ4n) is 3.73. The van der Waals surface area contributed by atoms with Crippen molar-refractivity contribution in [3.63, 3.8) is 0 Å². The first-order valence-electron chi connectivity index (χ1n) is 9.36. The minimum atomic E-state index is -0.129. The van der Waals surface area contributed by atoms with Crippen LogP contribution in [-0.4, -0.2) is 52.6 Å². The highest BCUT2D eigenvalue weighted by Gasteiger charge is 2.36. The molecule has 2 aromatic rings. The van der Waals surface area contributed by atoms with Gasteiger partial charge >= 0.3 is 0 Å².